The maximum atomic E-state index is 11.7. The van der Waals surface area contributed by atoms with E-state index < -0.39 is 16.1 Å². The van der Waals surface area contributed by atoms with Gasteiger partial charge in [-0.1, -0.05) is 47.7 Å². The van der Waals surface area contributed by atoms with Crippen LogP contribution in [0.1, 0.15) is 6.92 Å². The average Bonchev–Trinajstić information content (AvgIpc) is 2.27. The van der Waals surface area contributed by atoms with Crippen LogP contribution in [0.25, 0.3) is 0 Å². The van der Waals surface area contributed by atoms with Gasteiger partial charge in [0.05, 0.1) is 4.90 Å². The van der Waals surface area contributed by atoms with E-state index in [1.807, 2.05) is 11.6 Å². The number of benzene rings is 1. The Bertz CT molecular complexity index is 474. The molecule has 0 saturated carbocycles. The van der Waals surface area contributed by atoms with Crippen molar-refractivity contribution in [2.24, 2.45) is 0 Å². The van der Waals surface area contributed by atoms with E-state index in [2.05, 4.69) is 27.9 Å². The lowest BCUT2D eigenvalue weighted by Crippen LogP contribution is -2.41. The molecular weight excluding hydrogens is 355 g/mol. The van der Waals surface area contributed by atoms with Crippen LogP contribution in [-0.4, -0.2) is 24.9 Å². The van der Waals surface area contributed by atoms with Crippen molar-refractivity contribution in [3.8, 4) is 0 Å². The van der Waals surface area contributed by atoms with E-state index in [4.69, 9.17) is 0 Å². The lowest BCUT2D eigenvalue weighted by molar-refractivity contribution is 0.246. The van der Waals surface area contributed by atoms with Crippen molar-refractivity contribution in [3.63, 3.8) is 0 Å². The van der Waals surface area contributed by atoms with Crippen LogP contribution in [-0.2, 0) is 10.0 Å². The van der Waals surface area contributed by atoms with Gasteiger partial charge in [0.1, 0.15) is 0 Å². The molecule has 0 radical (unpaired) electrons. The van der Waals surface area contributed by atoms with Crippen LogP contribution in [0.2, 0.25) is 0 Å². The van der Waals surface area contributed by atoms with Gasteiger partial charge in [0.25, 0.3) is 10.0 Å². The van der Waals surface area contributed by atoms with Crippen LogP contribution >= 0.6 is 22.6 Å². The molecule has 94 valence electrons. The van der Waals surface area contributed by atoms with Crippen molar-refractivity contribution >= 4 is 38.6 Å². The molecule has 1 rings (SSSR count). The number of alkyl halides is 1. The number of halogens is 1. The van der Waals surface area contributed by atoms with E-state index in [-0.39, 0.29) is 8.82 Å². The number of rotatable bonds is 4. The normalized spacial score (nSPS) is 12.8. The number of amides is 2. The van der Waals surface area contributed by atoms with Gasteiger partial charge in [-0.15, -0.1) is 0 Å². The molecule has 17 heavy (non-hydrogen) atoms. The van der Waals surface area contributed by atoms with Gasteiger partial charge in [-0.3, -0.25) is 0 Å². The third-order valence-electron chi connectivity index (χ3n) is 1.82. The first-order chi connectivity index (χ1) is 7.92. The van der Waals surface area contributed by atoms with Gasteiger partial charge < -0.3 is 5.32 Å². The summed E-state index contributed by atoms with van der Waals surface area (Å²) < 4.78 is 25.6. The second kappa shape index (κ2) is 6.20. The summed E-state index contributed by atoms with van der Waals surface area (Å²) in [4.78, 5) is 11.4. The molecule has 0 aliphatic heterocycles. The van der Waals surface area contributed by atoms with E-state index in [9.17, 15) is 13.2 Å². The SMILES string of the molecule is CC(I)CNC(=O)NS(=O)(=O)c1ccccc1. The first-order valence-electron chi connectivity index (χ1n) is 4.91. The number of urea groups is 1. The van der Waals surface area contributed by atoms with Crippen LogP contribution in [0.4, 0.5) is 4.79 Å². The summed E-state index contributed by atoms with van der Waals surface area (Å²) in [6, 6.07) is 7.04. The van der Waals surface area contributed by atoms with Crippen molar-refractivity contribution in [2.75, 3.05) is 6.54 Å². The topological polar surface area (TPSA) is 75.3 Å². The van der Waals surface area contributed by atoms with E-state index in [1.165, 1.54) is 12.1 Å². The van der Waals surface area contributed by atoms with E-state index in [1.54, 1.807) is 18.2 Å². The van der Waals surface area contributed by atoms with Gasteiger partial charge in [0.15, 0.2) is 0 Å². The molecule has 0 saturated heterocycles. The predicted octanol–water partition coefficient (Wildman–Crippen LogP) is 1.50. The summed E-state index contributed by atoms with van der Waals surface area (Å²) in [6.45, 7) is 2.32. The van der Waals surface area contributed by atoms with Gasteiger partial charge in [-0.2, -0.15) is 0 Å². The Kier molecular flexibility index (Phi) is 5.19. The molecular formula is C10H13IN2O3S. The fraction of sp³-hybridized carbons (Fsp3) is 0.300. The van der Waals surface area contributed by atoms with Crippen LogP contribution < -0.4 is 10.0 Å². The molecule has 1 unspecified atom stereocenters. The Hall–Kier alpha value is -0.830. The number of hydrogen-bond acceptors (Lipinski definition) is 3. The molecule has 2 amide bonds. The molecule has 0 aliphatic carbocycles. The van der Waals surface area contributed by atoms with Gasteiger partial charge in [0.2, 0.25) is 0 Å². The minimum Gasteiger partial charge on any atom is -0.336 e. The molecule has 1 aromatic rings. The standard InChI is InChI=1S/C10H13IN2O3S/c1-8(11)7-12-10(14)13-17(15,16)9-5-3-2-4-6-9/h2-6,8H,7H2,1H3,(H2,12,13,14). The number of carbonyl (C=O) groups is 1. The number of hydrogen-bond donors (Lipinski definition) is 2. The summed E-state index contributed by atoms with van der Waals surface area (Å²) in [7, 11) is -3.77. The zero-order chi connectivity index (χ0) is 12.9. The number of carbonyl (C=O) groups excluding carboxylic acids is 1. The lowest BCUT2D eigenvalue weighted by atomic mass is 10.4. The molecule has 1 aromatic carbocycles. The van der Waals surface area contributed by atoms with Gasteiger partial charge in [0, 0.05) is 10.5 Å². The molecule has 1 atom stereocenters. The van der Waals surface area contributed by atoms with Gasteiger partial charge in [-0.05, 0) is 12.1 Å². The molecule has 0 bridgehead atoms. The monoisotopic (exact) mass is 368 g/mol. The van der Waals surface area contributed by atoms with Crippen molar-refractivity contribution < 1.29 is 13.2 Å². The smallest absolute Gasteiger partial charge is 0.328 e. The van der Waals surface area contributed by atoms with Gasteiger partial charge >= 0.3 is 6.03 Å². The Morgan fingerprint density at radius 3 is 2.47 bits per heavy atom. The summed E-state index contributed by atoms with van der Waals surface area (Å²) in [5, 5.41) is 2.47. The average molecular weight is 368 g/mol. The summed E-state index contributed by atoms with van der Waals surface area (Å²) in [6.07, 6.45) is 0. The van der Waals surface area contributed by atoms with Crippen LogP contribution in [0, 0.1) is 0 Å². The van der Waals surface area contributed by atoms with E-state index in [0.29, 0.717) is 6.54 Å². The summed E-state index contributed by atoms with van der Waals surface area (Å²) in [5.74, 6) is 0. The summed E-state index contributed by atoms with van der Waals surface area (Å²) >= 11 is 2.13. The summed E-state index contributed by atoms with van der Waals surface area (Å²) in [5.41, 5.74) is 0. The van der Waals surface area contributed by atoms with Crippen LogP contribution in [0.15, 0.2) is 35.2 Å². The van der Waals surface area contributed by atoms with Crippen molar-refractivity contribution in [3.05, 3.63) is 30.3 Å². The van der Waals surface area contributed by atoms with E-state index in [0.717, 1.165) is 0 Å². The zero-order valence-electron chi connectivity index (χ0n) is 9.18. The predicted molar refractivity (Wildman–Crippen MR) is 73.6 cm³/mol. The molecule has 0 spiro atoms. The second-order valence-electron chi connectivity index (χ2n) is 3.41. The Morgan fingerprint density at radius 2 is 1.94 bits per heavy atom. The Morgan fingerprint density at radius 1 is 1.35 bits per heavy atom. The Labute approximate surface area is 114 Å². The third kappa shape index (κ3) is 4.90. The molecule has 0 fully saturated rings. The lowest BCUT2D eigenvalue weighted by Gasteiger charge is -2.09. The number of nitrogens with one attached hydrogen (secondary N) is 2. The molecule has 2 N–H and O–H groups in total. The largest absolute Gasteiger partial charge is 0.336 e. The second-order valence-corrected chi connectivity index (χ2v) is 7.22. The first-order valence-corrected chi connectivity index (χ1v) is 7.64. The highest BCUT2D eigenvalue weighted by atomic mass is 127. The minimum atomic E-state index is -3.77. The fourth-order valence-electron chi connectivity index (χ4n) is 1.05. The highest BCUT2D eigenvalue weighted by Gasteiger charge is 2.16. The zero-order valence-corrected chi connectivity index (χ0v) is 12.2. The maximum absolute atomic E-state index is 11.7. The molecule has 0 aromatic heterocycles. The van der Waals surface area contributed by atoms with Crippen molar-refractivity contribution in [1.82, 2.24) is 10.0 Å². The highest BCUT2D eigenvalue weighted by molar-refractivity contribution is 14.1. The fourth-order valence-corrected chi connectivity index (χ4v) is 2.22. The molecule has 7 heteroatoms. The maximum Gasteiger partial charge on any atom is 0.328 e. The minimum absolute atomic E-state index is 0.0673. The molecule has 0 aliphatic rings. The van der Waals surface area contributed by atoms with Crippen molar-refractivity contribution in [2.45, 2.75) is 15.7 Å². The highest BCUT2D eigenvalue weighted by Crippen LogP contribution is 2.06. The molecule has 0 heterocycles. The van der Waals surface area contributed by atoms with Crippen molar-refractivity contribution in [1.29, 1.82) is 0 Å². The Balaban J connectivity index is 2.65. The van der Waals surface area contributed by atoms with E-state index >= 15 is 0 Å². The molecule has 5 nitrogen and oxygen atoms in total. The quantitative estimate of drug-likeness (QED) is 0.625. The third-order valence-corrected chi connectivity index (χ3v) is 3.61. The van der Waals surface area contributed by atoms with Gasteiger partial charge in [-0.25, -0.2) is 17.9 Å². The van der Waals surface area contributed by atoms with Crippen LogP contribution in [0.3, 0.4) is 0 Å². The number of sulfonamides is 1. The first kappa shape index (κ1) is 14.2. The van der Waals surface area contributed by atoms with Crippen LogP contribution in [0.5, 0.6) is 0 Å².